The maximum absolute atomic E-state index is 12.1. The third-order valence-corrected chi connectivity index (χ3v) is 3.21. The van der Waals surface area contributed by atoms with Gasteiger partial charge in [-0.3, -0.25) is 0 Å². The number of nitrogens with zero attached hydrogens (tertiary/aromatic N) is 1. The Morgan fingerprint density at radius 3 is 2.65 bits per heavy atom. The molecule has 2 N–H and O–H groups in total. The number of likely N-dealkylation sites (tertiary alicyclic amines) is 1. The van der Waals surface area contributed by atoms with Crippen LogP contribution in [0.5, 0.6) is 0 Å². The van der Waals surface area contributed by atoms with Gasteiger partial charge < -0.3 is 15.4 Å². The fraction of sp³-hybridized carbons (Fsp3) is 0.923. The lowest BCUT2D eigenvalue weighted by atomic mass is 9.92. The van der Waals surface area contributed by atoms with E-state index in [9.17, 15) is 4.79 Å². The largest absolute Gasteiger partial charge is 0.444 e. The molecule has 1 fully saturated rings. The van der Waals surface area contributed by atoms with Gasteiger partial charge in [-0.05, 0) is 52.5 Å². The van der Waals surface area contributed by atoms with Crippen molar-refractivity contribution in [3.63, 3.8) is 0 Å². The molecule has 0 saturated carbocycles. The highest BCUT2D eigenvalue weighted by atomic mass is 16.6. The lowest BCUT2D eigenvalue weighted by molar-refractivity contribution is 0.00323. The Bertz CT molecular complexity index is 261. The minimum absolute atomic E-state index is 0.192. The Labute approximate surface area is 104 Å². The van der Waals surface area contributed by atoms with Gasteiger partial charge in [-0.2, -0.15) is 0 Å². The summed E-state index contributed by atoms with van der Waals surface area (Å²) in [5.74, 6) is 0.336. The quantitative estimate of drug-likeness (QED) is 0.808. The fourth-order valence-electron chi connectivity index (χ4n) is 2.25. The minimum Gasteiger partial charge on any atom is -0.444 e. The van der Waals surface area contributed by atoms with Crippen molar-refractivity contribution in [1.82, 2.24) is 4.90 Å². The molecule has 1 aliphatic heterocycles. The number of ether oxygens (including phenoxy) is 1. The van der Waals surface area contributed by atoms with E-state index in [1.165, 1.54) is 6.42 Å². The second kappa shape index (κ2) is 5.71. The van der Waals surface area contributed by atoms with E-state index in [2.05, 4.69) is 6.92 Å². The fourth-order valence-corrected chi connectivity index (χ4v) is 2.25. The Morgan fingerprint density at radius 2 is 2.12 bits per heavy atom. The molecular weight excluding hydrogens is 216 g/mol. The number of hydrogen-bond donors (Lipinski definition) is 1. The van der Waals surface area contributed by atoms with Crippen molar-refractivity contribution in [2.75, 3.05) is 13.1 Å². The number of hydrogen-bond acceptors (Lipinski definition) is 3. The van der Waals surface area contributed by atoms with Gasteiger partial charge in [0.25, 0.3) is 0 Å². The maximum atomic E-state index is 12.1. The molecule has 4 heteroatoms. The third-order valence-electron chi connectivity index (χ3n) is 3.21. The predicted octanol–water partition coefficient (Wildman–Crippen LogP) is 2.37. The van der Waals surface area contributed by atoms with E-state index < -0.39 is 5.60 Å². The Morgan fingerprint density at radius 1 is 1.47 bits per heavy atom. The highest BCUT2D eigenvalue weighted by Gasteiger charge is 2.32. The zero-order valence-corrected chi connectivity index (χ0v) is 11.5. The molecule has 0 aromatic heterocycles. The first kappa shape index (κ1) is 14.3. The van der Waals surface area contributed by atoms with E-state index >= 15 is 0 Å². The van der Waals surface area contributed by atoms with Crippen LogP contribution in [0.1, 0.15) is 47.0 Å². The number of carbonyl (C=O) groups is 1. The van der Waals surface area contributed by atoms with Crippen LogP contribution in [-0.4, -0.2) is 35.7 Å². The average Bonchev–Trinajstić information content (AvgIpc) is 2.25. The van der Waals surface area contributed by atoms with E-state index in [0.717, 1.165) is 19.4 Å². The summed E-state index contributed by atoms with van der Waals surface area (Å²) in [6, 6.07) is 0.239. The first-order chi connectivity index (χ1) is 7.85. The van der Waals surface area contributed by atoms with Gasteiger partial charge in [0, 0.05) is 12.6 Å². The minimum atomic E-state index is -0.426. The van der Waals surface area contributed by atoms with Gasteiger partial charge in [0.05, 0.1) is 0 Å². The molecule has 100 valence electrons. The summed E-state index contributed by atoms with van der Waals surface area (Å²) in [5, 5.41) is 0. The first-order valence-corrected chi connectivity index (χ1v) is 6.55. The lowest BCUT2D eigenvalue weighted by Crippen LogP contribution is -2.50. The third kappa shape index (κ3) is 4.19. The number of piperidine rings is 1. The van der Waals surface area contributed by atoms with Crippen LogP contribution in [-0.2, 0) is 4.74 Å². The SMILES string of the molecule is CC(CN)C1CCCCN1C(=O)OC(C)(C)C. The van der Waals surface area contributed by atoms with Crippen LogP contribution in [0.3, 0.4) is 0 Å². The molecule has 0 aliphatic carbocycles. The van der Waals surface area contributed by atoms with Crippen LogP contribution in [0, 0.1) is 5.92 Å². The van der Waals surface area contributed by atoms with Crippen molar-refractivity contribution < 1.29 is 9.53 Å². The number of amides is 1. The van der Waals surface area contributed by atoms with Gasteiger partial charge in [0.1, 0.15) is 5.60 Å². The number of rotatable bonds is 2. The Balaban J connectivity index is 2.67. The normalized spacial score (nSPS) is 23.4. The molecule has 0 aromatic carbocycles. The summed E-state index contributed by atoms with van der Waals surface area (Å²) < 4.78 is 5.45. The molecule has 2 atom stereocenters. The second-order valence-corrected chi connectivity index (χ2v) is 5.95. The highest BCUT2D eigenvalue weighted by Crippen LogP contribution is 2.24. The summed E-state index contributed by atoms with van der Waals surface area (Å²) in [7, 11) is 0. The van der Waals surface area contributed by atoms with Gasteiger partial charge in [0.15, 0.2) is 0 Å². The van der Waals surface area contributed by atoms with E-state index in [-0.39, 0.29) is 12.1 Å². The molecule has 2 unspecified atom stereocenters. The summed E-state index contributed by atoms with van der Waals surface area (Å²) in [5.41, 5.74) is 5.29. The van der Waals surface area contributed by atoms with Crippen molar-refractivity contribution in [1.29, 1.82) is 0 Å². The summed E-state index contributed by atoms with van der Waals surface area (Å²) in [4.78, 5) is 14.0. The zero-order valence-electron chi connectivity index (χ0n) is 11.5. The van der Waals surface area contributed by atoms with E-state index in [4.69, 9.17) is 10.5 Å². The van der Waals surface area contributed by atoms with Crippen LogP contribution >= 0.6 is 0 Å². The molecule has 4 nitrogen and oxygen atoms in total. The number of nitrogens with two attached hydrogens (primary N) is 1. The second-order valence-electron chi connectivity index (χ2n) is 5.95. The molecule has 0 bridgehead atoms. The highest BCUT2D eigenvalue weighted by molar-refractivity contribution is 5.68. The lowest BCUT2D eigenvalue weighted by Gasteiger charge is -2.39. The smallest absolute Gasteiger partial charge is 0.410 e. The van der Waals surface area contributed by atoms with Crippen molar-refractivity contribution in [3.05, 3.63) is 0 Å². The van der Waals surface area contributed by atoms with Gasteiger partial charge in [-0.1, -0.05) is 6.92 Å². The van der Waals surface area contributed by atoms with Gasteiger partial charge >= 0.3 is 6.09 Å². The molecule has 1 rings (SSSR count). The van der Waals surface area contributed by atoms with Gasteiger partial charge in [0.2, 0.25) is 0 Å². The molecule has 1 heterocycles. The summed E-state index contributed by atoms with van der Waals surface area (Å²) in [6.07, 6.45) is 3.08. The van der Waals surface area contributed by atoms with Crippen LogP contribution in [0.2, 0.25) is 0 Å². The molecule has 0 aromatic rings. The van der Waals surface area contributed by atoms with E-state index in [1.54, 1.807) is 0 Å². The predicted molar refractivity (Wildman–Crippen MR) is 68.8 cm³/mol. The first-order valence-electron chi connectivity index (χ1n) is 6.55. The molecule has 1 amide bonds. The van der Waals surface area contributed by atoms with Crippen molar-refractivity contribution in [2.24, 2.45) is 11.7 Å². The molecule has 0 radical (unpaired) electrons. The molecule has 1 saturated heterocycles. The number of carbonyl (C=O) groups excluding carboxylic acids is 1. The Hall–Kier alpha value is -0.770. The maximum Gasteiger partial charge on any atom is 0.410 e. The average molecular weight is 242 g/mol. The van der Waals surface area contributed by atoms with Crippen LogP contribution in [0.15, 0.2) is 0 Å². The topological polar surface area (TPSA) is 55.6 Å². The van der Waals surface area contributed by atoms with Crippen molar-refractivity contribution in [3.8, 4) is 0 Å². The molecule has 17 heavy (non-hydrogen) atoms. The Kier molecular flexibility index (Phi) is 4.80. The van der Waals surface area contributed by atoms with Crippen LogP contribution < -0.4 is 5.73 Å². The van der Waals surface area contributed by atoms with Crippen molar-refractivity contribution >= 4 is 6.09 Å². The standard InChI is InChI=1S/C13H26N2O2/c1-10(9-14)11-7-5-6-8-15(11)12(16)17-13(2,3)4/h10-11H,5-9,14H2,1-4H3. The molecule has 1 aliphatic rings. The van der Waals surface area contributed by atoms with Gasteiger partial charge in [-0.25, -0.2) is 4.79 Å². The zero-order chi connectivity index (χ0) is 13.1. The molecular formula is C13H26N2O2. The summed E-state index contributed by atoms with van der Waals surface area (Å²) >= 11 is 0. The van der Waals surface area contributed by atoms with Crippen LogP contribution in [0.25, 0.3) is 0 Å². The van der Waals surface area contributed by atoms with E-state index in [0.29, 0.717) is 12.5 Å². The summed E-state index contributed by atoms with van der Waals surface area (Å²) in [6.45, 7) is 9.21. The van der Waals surface area contributed by atoms with E-state index in [1.807, 2.05) is 25.7 Å². The van der Waals surface area contributed by atoms with Crippen molar-refractivity contribution in [2.45, 2.75) is 58.6 Å². The molecule has 0 spiro atoms. The monoisotopic (exact) mass is 242 g/mol. The van der Waals surface area contributed by atoms with Gasteiger partial charge in [-0.15, -0.1) is 0 Å². The van der Waals surface area contributed by atoms with Crippen LogP contribution in [0.4, 0.5) is 4.79 Å².